The molecule has 0 bridgehead atoms. The maximum Gasteiger partial charge on any atom is 0.434 e. The van der Waals surface area contributed by atoms with E-state index in [4.69, 9.17) is 14.3 Å². The van der Waals surface area contributed by atoms with Crippen molar-refractivity contribution in [2.45, 2.75) is 59.2 Å². The standard InChI is InChI=1S/C14H28N2O5/c1-13(2,3)20-11(17)15-9-8-10-19-16(7)12(18)21-14(4,5)6/h8-10H2,1-7H3,(H,15,17). The Bertz CT molecular complexity index is 344. The van der Waals surface area contributed by atoms with Gasteiger partial charge in [0.1, 0.15) is 11.2 Å². The first-order chi connectivity index (χ1) is 9.41. The van der Waals surface area contributed by atoms with Gasteiger partial charge >= 0.3 is 12.2 Å². The van der Waals surface area contributed by atoms with E-state index in [0.717, 1.165) is 5.06 Å². The lowest BCUT2D eigenvalue weighted by molar-refractivity contribution is -0.131. The van der Waals surface area contributed by atoms with Gasteiger partial charge in [0.2, 0.25) is 0 Å². The first-order valence-corrected chi connectivity index (χ1v) is 6.97. The Morgan fingerprint density at radius 1 is 1.00 bits per heavy atom. The van der Waals surface area contributed by atoms with Gasteiger partial charge in [-0.3, -0.25) is 4.84 Å². The van der Waals surface area contributed by atoms with Crippen molar-refractivity contribution >= 4 is 12.2 Å². The molecule has 0 radical (unpaired) electrons. The normalized spacial score (nSPS) is 11.8. The van der Waals surface area contributed by atoms with Crippen LogP contribution in [0.4, 0.5) is 9.59 Å². The minimum atomic E-state index is -0.563. The van der Waals surface area contributed by atoms with Crippen molar-refractivity contribution in [2.75, 3.05) is 20.2 Å². The van der Waals surface area contributed by atoms with Gasteiger partial charge in [0.25, 0.3) is 0 Å². The summed E-state index contributed by atoms with van der Waals surface area (Å²) < 4.78 is 10.2. The second-order valence-corrected chi connectivity index (χ2v) is 6.59. The lowest BCUT2D eigenvalue weighted by atomic mass is 10.2. The van der Waals surface area contributed by atoms with Crippen molar-refractivity contribution in [3.63, 3.8) is 0 Å². The lowest BCUT2D eigenvalue weighted by Crippen LogP contribution is -2.35. The predicted molar refractivity (Wildman–Crippen MR) is 78.8 cm³/mol. The molecule has 124 valence electrons. The molecule has 21 heavy (non-hydrogen) atoms. The van der Waals surface area contributed by atoms with Gasteiger partial charge in [-0.25, -0.2) is 9.59 Å². The maximum absolute atomic E-state index is 11.6. The summed E-state index contributed by atoms with van der Waals surface area (Å²) in [5.41, 5.74) is -1.08. The second-order valence-electron chi connectivity index (χ2n) is 6.59. The summed E-state index contributed by atoms with van der Waals surface area (Å²) in [4.78, 5) is 28.1. The predicted octanol–water partition coefficient (Wildman–Crippen LogP) is 2.70. The number of amides is 2. The highest BCUT2D eigenvalue weighted by molar-refractivity contribution is 5.67. The largest absolute Gasteiger partial charge is 0.444 e. The molecule has 2 amide bonds. The Kier molecular flexibility index (Phi) is 7.49. The van der Waals surface area contributed by atoms with Gasteiger partial charge in [-0.1, -0.05) is 0 Å². The molecule has 0 unspecified atom stereocenters. The van der Waals surface area contributed by atoms with E-state index in [9.17, 15) is 9.59 Å². The van der Waals surface area contributed by atoms with Crippen molar-refractivity contribution in [3.05, 3.63) is 0 Å². The van der Waals surface area contributed by atoms with Gasteiger partial charge in [0.05, 0.1) is 6.61 Å². The fourth-order valence-corrected chi connectivity index (χ4v) is 1.16. The van der Waals surface area contributed by atoms with Crippen LogP contribution >= 0.6 is 0 Å². The summed E-state index contributed by atoms with van der Waals surface area (Å²) in [6.45, 7) is 11.4. The Morgan fingerprint density at radius 2 is 1.52 bits per heavy atom. The quantitative estimate of drug-likeness (QED) is 0.624. The molecule has 0 atom stereocenters. The highest BCUT2D eigenvalue weighted by Gasteiger charge is 2.20. The van der Waals surface area contributed by atoms with Gasteiger partial charge < -0.3 is 14.8 Å². The highest BCUT2D eigenvalue weighted by Crippen LogP contribution is 2.09. The summed E-state index contributed by atoms with van der Waals surface area (Å²) in [5, 5.41) is 3.64. The van der Waals surface area contributed by atoms with Crippen LogP contribution in [-0.4, -0.2) is 48.7 Å². The van der Waals surface area contributed by atoms with Gasteiger partial charge in [0, 0.05) is 13.6 Å². The van der Waals surface area contributed by atoms with Crippen molar-refractivity contribution in [1.29, 1.82) is 0 Å². The van der Waals surface area contributed by atoms with Crippen molar-refractivity contribution < 1.29 is 23.9 Å². The Hall–Kier alpha value is -1.50. The first-order valence-electron chi connectivity index (χ1n) is 6.97. The first kappa shape index (κ1) is 19.5. The molecule has 0 fully saturated rings. The topological polar surface area (TPSA) is 77.1 Å². The smallest absolute Gasteiger partial charge is 0.434 e. The van der Waals surface area contributed by atoms with E-state index in [0.29, 0.717) is 13.0 Å². The average molecular weight is 304 g/mol. The number of hydroxylamine groups is 2. The molecular weight excluding hydrogens is 276 g/mol. The van der Waals surface area contributed by atoms with E-state index in [1.165, 1.54) is 7.05 Å². The molecule has 0 aromatic carbocycles. The maximum atomic E-state index is 11.6. The monoisotopic (exact) mass is 304 g/mol. The number of hydrogen-bond acceptors (Lipinski definition) is 5. The summed E-state index contributed by atoms with van der Waals surface area (Å²) in [6.07, 6.45) is -0.475. The van der Waals surface area contributed by atoms with Crippen LogP contribution < -0.4 is 5.32 Å². The number of nitrogens with one attached hydrogen (secondary N) is 1. The number of carbonyl (C=O) groups is 2. The third-order valence-corrected chi connectivity index (χ3v) is 1.92. The molecule has 0 heterocycles. The molecule has 7 heteroatoms. The van der Waals surface area contributed by atoms with Crippen LogP contribution in [0.5, 0.6) is 0 Å². The van der Waals surface area contributed by atoms with Crippen LogP contribution in [0.15, 0.2) is 0 Å². The van der Waals surface area contributed by atoms with Crippen molar-refractivity contribution in [2.24, 2.45) is 0 Å². The molecule has 0 aromatic rings. The fraction of sp³-hybridized carbons (Fsp3) is 0.857. The van der Waals surface area contributed by atoms with E-state index in [1.54, 1.807) is 41.5 Å². The van der Waals surface area contributed by atoms with Gasteiger partial charge in [0.15, 0.2) is 0 Å². The summed E-state index contributed by atoms with van der Waals surface area (Å²) in [7, 11) is 1.48. The van der Waals surface area contributed by atoms with E-state index < -0.39 is 23.4 Å². The number of ether oxygens (including phenoxy) is 2. The molecular formula is C14H28N2O5. The summed E-state index contributed by atoms with van der Waals surface area (Å²) in [5.74, 6) is 0. The molecule has 0 spiro atoms. The van der Waals surface area contributed by atoms with Crippen LogP contribution in [0.3, 0.4) is 0 Å². The number of nitrogens with zero attached hydrogens (tertiary/aromatic N) is 1. The molecule has 0 aliphatic carbocycles. The molecule has 1 N–H and O–H groups in total. The lowest BCUT2D eigenvalue weighted by Gasteiger charge is -2.24. The minimum absolute atomic E-state index is 0.283. The van der Waals surface area contributed by atoms with Crippen LogP contribution in [0, 0.1) is 0 Å². The molecule has 0 saturated heterocycles. The average Bonchev–Trinajstić information content (AvgIpc) is 2.23. The molecule has 0 rings (SSSR count). The van der Waals surface area contributed by atoms with Crippen LogP contribution in [0.2, 0.25) is 0 Å². The summed E-state index contributed by atoms with van der Waals surface area (Å²) in [6, 6.07) is 0. The Labute approximate surface area is 126 Å². The van der Waals surface area contributed by atoms with Crippen LogP contribution in [0.25, 0.3) is 0 Å². The minimum Gasteiger partial charge on any atom is -0.444 e. The third-order valence-electron chi connectivity index (χ3n) is 1.92. The molecule has 0 aromatic heterocycles. The molecule has 7 nitrogen and oxygen atoms in total. The van der Waals surface area contributed by atoms with Crippen molar-refractivity contribution in [1.82, 2.24) is 10.4 Å². The SMILES string of the molecule is CN(OCCCNC(=O)OC(C)(C)C)C(=O)OC(C)(C)C. The number of rotatable bonds is 5. The van der Waals surface area contributed by atoms with Gasteiger partial charge in [-0.15, -0.1) is 0 Å². The molecule has 0 aliphatic heterocycles. The molecule has 0 saturated carbocycles. The number of hydrogen-bond donors (Lipinski definition) is 1. The molecule has 0 aliphatic rings. The van der Waals surface area contributed by atoms with Crippen LogP contribution in [-0.2, 0) is 14.3 Å². The van der Waals surface area contributed by atoms with Gasteiger partial charge in [-0.2, -0.15) is 5.06 Å². The van der Waals surface area contributed by atoms with E-state index in [-0.39, 0.29) is 6.61 Å². The van der Waals surface area contributed by atoms with Crippen molar-refractivity contribution in [3.8, 4) is 0 Å². The van der Waals surface area contributed by atoms with E-state index in [1.807, 2.05) is 0 Å². The Balaban J connectivity index is 3.76. The zero-order chi connectivity index (χ0) is 16.7. The number of alkyl carbamates (subject to hydrolysis) is 1. The fourth-order valence-electron chi connectivity index (χ4n) is 1.16. The zero-order valence-electron chi connectivity index (χ0n) is 14.1. The summed E-state index contributed by atoms with van der Waals surface area (Å²) >= 11 is 0. The Morgan fingerprint density at radius 3 is 2.00 bits per heavy atom. The highest BCUT2D eigenvalue weighted by atomic mass is 16.7. The second kappa shape index (κ2) is 8.07. The van der Waals surface area contributed by atoms with E-state index in [2.05, 4.69) is 5.32 Å². The third kappa shape index (κ3) is 12.0. The van der Waals surface area contributed by atoms with E-state index >= 15 is 0 Å². The van der Waals surface area contributed by atoms with Crippen LogP contribution in [0.1, 0.15) is 48.0 Å². The zero-order valence-corrected chi connectivity index (χ0v) is 14.1. The van der Waals surface area contributed by atoms with Gasteiger partial charge in [-0.05, 0) is 48.0 Å². The number of carbonyl (C=O) groups excluding carboxylic acids is 2.